The maximum absolute atomic E-state index is 11.5. The van der Waals surface area contributed by atoms with Crippen LogP contribution in [0, 0.1) is 0 Å². The number of thiol groups is 1. The quantitative estimate of drug-likeness (QED) is 0.313. The van der Waals surface area contributed by atoms with Crippen molar-refractivity contribution in [2.24, 2.45) is 0 Å². The van der Waals surface area contributed by atoms with Crippen LogP contribution in [0.25, 0.3) is 0 Å². The van der Waals surface area contributed by atoms with Crippen molar-refractivity contribution in [3.63, 3.8) is 0 Å². The Bertz CT molecular complexity index is 231. The molecule has 1 N–H and O–H groups in total. The molecule has 0 aliphatic heterocycles. The van der Waals surface area contributed by atoms with Crippen LogP contribution in [0.2, 0.25) is 0 Å². The molecule has 0 unspecified atom stereocenters. The predicted molar refractivity (Wildman–Crippen MR) is 69.2 cm³/mol. The summed E-state index contributed by atoms with van der Waals surface area (Å²) in [6.07, 6.45) is 4.20. The first-order valence-electron chi connectivity index (χ1n) is 4.88. The summed E-state index contributed by atoms with van der Waals surface area (Å²) in [4.78, 5) is 11.5. The van der Waals surface area contributed by atoms with E-state index in [0.29, 0.717) is 10.7 Å². The smallest absolute Gasteiger partial charge is 0.328 e. The molecule has 0 saturated carbocycles. The van der Waals surface area contributed by atoms with E-state index in [-0.39, 0.29) is 12.6 Å². The number of hydrogen-bond donors (Lipinski definition) is 2. The van der Waals surface area contributed by atoms with Gasteiger partial charge in [0.15, 0.2) is 0 Å². The molecule has 0 bridgehead atoms. The molecule has 3 nitrogen and oxygen atoms in total. The Morgan fingerprint density at radius 2 is 2.40 bits per heavy atom. The van der Waals surface area contributed by atoms with Crippen molar-refractivity contribution >= 4 is 35.1 Å². The number of nitrogens with one attached hydrogen (secondary N) is 1. The van der Waals surface area contributed by atoms with Crippen LogP contribution in [-0.4, -0.2) is 22.9 Å². The summed E-state index contributed by atoms with van der Waals surface area (Å²) < 4.78 is 5.25. The van der Waals surface area contributed by atoms with Crippen molar-refractivity contribution in [2.45, 2.75) is 32.2 Å². The molecule has 0 saturated heterocycles. The zero-order valence-electron chi connectivity index (χ0n) is 8.86. The molecule has 0 aliphatic carbocycles. The van der Waals surface area contributed by atoms with Crippen LogP contribution in [0.5, 0.6) is 0 Å². The average Bonchev–Trinajstić information content (AvgIpc) is 2.20. The Kier molecular flexibility index (Phi) is 8.41. The van der Waals surface area contributed by atoms with Crippen LogP contribution in [0.1, 0.15) is 26.2 Å². The Labute approximate surface area is 102 Å². The second-order valence-corrected chi connectivity index (χ2v) is 4.22. The summed E-state index contributed by atoms with van der Waals surface area (Å²) in [5.74, 6) is -0.306. The average molecular weight is 247 g/mol. The number of unbranched alkanes of at least 4 members (excludes halogenated alkanes) is 1. The van der Waals surface area contributed by atoms with Gasteiger partial charge < -0.3 is 10.1 Å². The molecule has 0 aliphatic rings. The summed E-state index contributed by atoms with van der Waals surface area (Å²) >= 11 is 8.72. The van der Waals surface area contributed by atoms with Crippen molar-refractivity contribution in [1.29, 1.82) is 0 Å². The van der Waals surface area contributed by atoms with Gasteiger partial charge in [0.05, 0.1) is 0 Å². The first kappa shape index (κ1) is 14.5. The standard InChI is InChI=1S/C10H17NO2S2/c1-3-5-6-8(11-10(14)15)9(12)13-7-4-2/h4,8H,2-3,5-7H2,1H3,(H2,11,14,15)/t8-/m0/s1. The van der Waals surface area contributed by atoms with E-state index in [2.05, 4.69) is 31.4 Å². The van der Waals surface area contributed by atoms with Gasteiger partial charge >= 0.3 is 5.97 Å². The summed E-state index contributed by atoms with van der Waals surface area (Å²) in [5.41, 5.74) is 0. The lowest BCUT2D eigenvalue weighted by Crippen LogP contribution is -2.39. The molecule has 0 spiro atoms. The number of thiocarbonyl (C=S) groups is 1. The monoisotopic (exact) mass is 247 g/mol. The zero-order chi connectivity index (χ0) is 11.7. The van der Waals surface area contributed by atoms with E-state index in [9.17, 15) is 4.79 Å². The summed E-state index contributed by atoms with van der Waals surface area (Å²) in [6.45, 7) is 5.76. The molecule has 0 aromatic heterocycles. The van der Waals surface area contributed by atoms with Crippen molar-refractivity contribution in [2.75, 3.05) is 6.61 Å². The van der Waals surface area contributed by atoms with Crippen molar-refractivity contribution in [3.8, 4) is 0 Å². The molecule has 5 heteroatoms. The van der Waals surface area contributed by atoms with E-state index in [0.717, 1.165) is 12.8 Å². The summed E-state index contributed by atoms with van der Waals surface area (Å²) in [7, 11) is 0. The fourth-order valence-electron chi connectivity index (χ4n) is 1.05. The van der Waals surface area contributed by atoms with Crippen molar-refractivity contribution in [1.82, 2.24) is 5.32 Å². The SMILES string of the molecule is C=CCOC(=O)[C@H](CCCC)NC(=S)S. The fraction of sp³-hybridized carbons (Fsp3) is 0.600. The first-order chi connectivity index (χ1) is 7.11. The second kappa shape index (κ2) is 8.73. The normalized spacial score (nSPS) is 11.6. The molecule has 0 fully saturated rings. The summed E-state index contributed by atoms with van der Waals surface area (Å²) in [6, 6.07) is -0.394. The topological polar surface area (TPSA) is 38.3 Å². The van der Waals surface area contributed by atoms with E-state index in [1.165, 1.54) is 6.08 Å². The van der Waals surface area contributed by atoms with Gasteiger partial charge in [-0.3, -0.25) is 0 Å². The number of rotatable bonds is 7. The van der Waals surface area contributed by atoms with Gasteiger partial charge in [-0.15, -0.1) is 12.6 Å². The van der Waals surface area contributed by atoms with Gasteiger partial charge in [-0.2, -0.15) is 0 Å². The third-order valence-corrected chi connectivity index (χ3v) is 2.02. The Morgan fingerprint density at radius 1 is 1.73 bits per heavy atom. The molecule has 0 heterocycles. The minimum absolute atomic E-state index is 0.225. The van der Waals surface area contributed by atoms with Crippen molar-refractivity contribution in [3.05, 3.63) is 12.7 Å². The Balaban J connectivity index is 4.13. The van der Waals surface area contributed by atoms with Crippen LogP contribution in [0.3, 0.4) is 0 Å². The van der Waals surface area contributed by atoms with Crippen LogP contribution >= 0.6 is 24.8 Å². The molecular weight excluding hydrogens is 230 g/mol. The maximum Gasteiger partial charge on any atom is 0.328 e. The van der Waals surface area contributed by atoms with Gasteiger partial charge in [-0.1, -0.05) is 44.6 Å². The molecular formula is C10H17NO2S2. The Morgan fingerprint density at radius 3 is 2.87 bits per heavy atom. The molecule has 0 amide bonds. The second-order valence-electron chi connectivity index (χ2n) is 3.06. The van der Waals surface area contributed by atoms with Crippen molar-refractivity contribution < 1.29 is 9.53 Å². The molecule has 0 radical (unpaired) electrons. The highest BCUT2D eigenvalue weighted by Crippen LogP contribution is 2.03. The highest BCUT2D eigenvalue weighted by atomic mass is 32.1. The number of hydrogen-bond acceptors (Lipinski definition) is 3. The predicted octanol–water partition coefficient (Wildman–Crippen LogP) is 2.08. The van der Waals surface area contributed by atoms with Crippen LogP contribution in [0.15, 0.2) is 12.7 Å². The van der Waals surface area contributed by atoms with Gasteiger partial charge in [0.2, 0.25) is 0 Å². The fourth-order valence-corrected chi connectivity index (χ4v) is 1.35. The number of ether oxygens (including phenoxy) is 1. The molecule has 1 atom stereocenters. The third-order valence-electron chi connectivity index (χ3n) is 1.77. The number of carbonyl (C=O) groups is 1. The largest absolute Gasteiger partial charge is 0.460 e. The number of esters is 1. The van der Waals surface area contributed by atoms with Gasteiger partial charge in [0, 0.05) is 0 Å². The molecule has 0 aromatic rings. The lowest BCUT2D eigenvalue weighted by Gasteiger charge is -2.16. The minimum atomic E-state index is -0.394. The molecule has 15 heavy (non-hydrogen) atoms. The van der Waals surface area contributed by atoms with E-state index in [4.69, 9.17) is 17.0 Å². The van der Waals surface area contributed by atoms with Crippen LogP contribution in [-0.2, 0) is 9.53 Å². The molecule has 0 aromatic carbocycles. The Hall–Kier alpha value is -0.550. The van der Waals surface area contributed by atoms with E-state index >= 15 is 0 Å². The third kappa shape index (κ3) is 7.39. The molecule has 86 valence electrons. The summed E-state index contributed by atoms with van der Waals surface area (Å²) in [5, 5.41) is 2.81. The van der Waals surface area contributed by atoms with Gasteiger partial charge in [-0.25, -0.2) is 4.79 Å². The van der Waals surface area contributed by atoms with E-state index in [1.54, 1.807) is 0 Å². The minimum Gasteiger partial charge on any atom is -0.460 e. The lowest BCUT2D eigenvalue weighted by molar-refractivity contribution is -0.144. The van der Waals surface area contributed by atoms with Gasteiger partial charge in [0.25, 0.3) is 0 Å². The van der Waals surface area contributed by atoms with Gasteiger partial charge in [-0.05, 0) is 6.42 Å². The van der Waals surface area contributed by atoms with Gasteiger partial charge in [0.1, 0.15) is 17.0 Å². The van der Waals surface area contributed by atoms with E-state index in [1.807, 2.05) is 0 Å². The highest BCUT2D eigenvalue weighted by molar-refractivity contribution is 8.11. The number of carbonyl (C=O) groups excluding carboxylic acids is 1. The molecule has 0 rings (SSSR count). The van der Waals surface area contributed by atoms with E-state index < -0.39 is 6.04 Å². The van der Waals surface area contributed by atoms with Crippen LogP contribution < -0.4 is 5.32 Å². The highest BCUT2D eigenvalue weighted by Gasteiger charge is 2.18. The lowest BCUT2D eigenvalue weighted by atomic mass is 10.1. The zero-order valence-corrected chi connectivity index (χ0v) is 10.6. The maximum atomic E-state index is 11.5. The van der Waals surface area contributed by atoms with Crippen LogP contribution in [0.4, 0.5) is 0 Å². The first-order valence-corrected chi connectivity index (χ1v) is 5.74.